The quantitative estimate of drug-likeness (QED) is 0.603. The highest BCUT2D eigenvalue weighted by molar-refractivity contribution is 7.15. The first-order valence-corrected chi connectivity index (χ1v) is 11.8. The number of ether oxygens (including phenoxy) is 1. The Kier molecular flexibility index (Phi) is 5.40. The van der Waals surface area contributed by atoms with Gasteiger partial charge in [0.15, 0.2) is 10.9 Å². The van der Waals surface area contributed by atoms with Crippen molar-refractivity contribution in [2.24, 2.45) is 0 Å². The summed E-state index contributed by atoms with van der Waals surface area (Å²) in [5, 5.41) is 4.15. The van der Waals surface area contributed by atoms with Crippen LogP contribution in [0.4, 0.5) is 10.9 Å². The average Bonchev–Trinajstić information content (AvgIpc) is 3.29. The predicted octanol–water partition coefficient (Wildman–Crippen LogP) is 5.08. The fourth-order valence-corrected chi connectivity index (χ4v) is 5.24. The number of nitrogens with zero attached hydrogens (tertiary/aromatic N) is 4. The Morgan fingerprint density at radius 2 is 2.03 bits per heavy atom. The van der Waals surface area contributed by atoms with Crippen molar-refractivity contribution in [2.75, 3.05) is 18.4 Å². The smallest absolute Gasteiger partial charge is 0.188 e. The molecule has 6 nitrogen and oxygen atoms in total. The van der Waals surface area contributed by atoms with Crippen molar-refractivity contribution in [3.8, 4) is 5.75 Å². The molecule has 0 spiro atoms. The fraction of sp³-hybridized carbons (Fsp3) is 0.458. The molecule has 2 aromatic heterocycles. The van der Waals surface area contributed by atoms with Gasteiger partial charge < -0.3 is 10.1 Å². The summed E-state index contributed by atoms with van der Waals surface area (Å²) in [5.41, 5.74) is 3.72. The fourth-order valence-electron chi connectivity index (χ4n) is 4.57. The first kappa shape index (κ1) is 20.4. The van der Waals surface area contributed by atoms with Crippen molar-refractivity contribution in [3.05, 3.63) is 58.5 Å². The van der Waals surface area contributed by atoms with Crippen LogP contribution in [0, 0.1) is 6.92 Å². The van der Waals surface area contributed by atoms with Gasteiger partial charge in [0.2, 0.25) is 0 Å². The second kappa shape index (κ2) is 8.20. The Hall–Kier alpha value is -2.51. The van der Waals surface area contributed by atoms with Gasteiger partial charge in [-0.3, -0.25) is 9.88 Å². The Bertz CT molecular complexity index is 1070. The summed E-state index contributed by atoms with van der Waals surface area (Å²) in [6, 6.07) is 6.69. The van der Waals surface area contributed by atoms with E-state index in [4.69, 9.17) is 9.72 Å². The summed E-state index contributed by atoms with van der Waals surface area (Å²) in [6.07, 6.45) is 8.76. The Labute approximate surface area is 187 Å². The lowest BCUT2D eigenvalue weighted by atomic mass is 9.93. The lowest BCUT2D eigenvalue weighted by Crippen LogP contribution is -2.32. The molecule has 31 heavy (non-hydrogen) atoms. The highest BCUT2D eigenvalue weighted by Crippen LogP contribution is 2.36. The van der Waals surface area contributed by atoms with Crippen molar-refractivity contribution < 1.29 is 4.74 Å². The number of anilines is 2. The van der Waals surface area contributed by atoms with Crippen molar-refractivity contribution in [3.63, 3.8) is 0 Å². The molecule has 1 N–H and O–H groups in total. The van der Waals surface area contributed by atoms with Crippen LogP contribution in [0.1, 0.15) is 54.3 Å². The number of benzene rings is 1. The van der Waals surface area contributed by atoms with E-state index in [9.17, 15) is 0 Å². The summed E-state index contributed by atoms with van der Waals surface area (Å²) in [7, 11) is 0. The number of aryl methyl sites for hydroxylation is 1. The van der Waals surface area contributed by atoms with Gasteiger partial charge in [-0.2, -0.15) is 0 Å². The number of likely N-dealkylation sites (tertiary alicyclic amines) is 1. The second-order valence-corrected chi connectivity index (χ2v) is 10.5. The van der Waals surface area contributed by atoms with Gasteiger partial charge in [-0.15, -0.1) is 11.3 Å². The molecule has 5 rings (SSSR count). The maximum absolute atomic E-state index is 6.02. The van der Waals surface area contributed by atoms with E-state index < -0.39 is 0 Å². The number of thiazole rings is 1. The van der Waals surface area contributed by atoms with Crippen LogP contribution in [0.25, 0.3) is 0 Å². The Morgan fingerprint density at radius 1 is 1.19 bits per heavy atom. The molecule has 1 fully saturated rings. The largest absolute Gasteiger partial charge is 0.487 e. The third-order valence-electron chi connectivity index (χ3n) is 6.05. The third-order valence-corrected chi connectivity index (χ3v) is 6.88. The molecule has 0 aliphatic carbocycles. The molecule has 2 aliphatic heterocycles. The van der Waals surface area contributed by atoms with E-state index in [1.807, 2.05) is 12.4 Å². The molecule has 3 aromatic rings. The maximum atomic E-state index is 6.02. The van der Waals surface area contributed by atoms with E-state index >= 15 is 0 Å². The third kappa shape index (κ3) is 4.72. The number of aromatic nitrogens is 3. The monoisotopic (exact) mass is 435 g/mol. The number of hydrogen-bond acceptors (Lipinski definition) is 7. The van der Waals surface area contributed by atoms with Gasteiger partial charge in [-0.05, 0) is 63.9 Å². The van der Waals surface area contributed by atoms with E-state index in [0.29, 0.717) is 5.92 Å². The topological polar surface area (TPSA) is 63.2 Å². The molecule has 1 aromatic carbocycles. The van der Waals surface area contributed by atoms with Crippen LogP contribution < -0.4 is 10.1 Å². The molecule has 4 heterocycles. The van der Waals surface area contributed by atoms with Crippen molar-refractivity contribution >= 4 is 22.3 Å². The number of hydrogen-bond donors (Lipinski definition) is 1. The minimum atomic E-state index is -0.0812. The number of piperidine rings is 1. The molecule has 2 aliphatic rings. The van der Waals surface area contributed by atoms with Gasteiger partial charge in [-0.25, -0.2) is 9.97 Å². The molecule has 0 bridgehead atoms. The van der Waals surface area contributed by atoms with Gasteiger partial charge in [0, 0.05) is 36.2 Å². The number of nitrogens with one attached hydrogen (secondary N) is 1. The van der Waals surface area contributed by atoms with Crippen LogP contribution >= 0.6 is 11.3 Å². The summed E-state index contributed by atoms with van der Waals surface area (Å²) in [5.74, 6) is 2.28. The van der Waals surface area contributed by atoms with Crippen molar-refractivity contribution in [1.82, 2.24) is 19.9 Å². The molecule has 0 amide bonds. The van der Waals surface area contributed by atoms with Gasteiger partial charge in [0.05, 0.1) is 11.9 Å². The lowest BCUT2D eigenvalue weighted by molar-refractivity contribution is 0.138. The molecular formula is C24H29N5OS. The van der Waals surface area contributed by atoms with Gasteiger partial charge in [-0.1, -0.05) is 12.1 Å². The zero-order valence-electron chi connectivity index (χ0n) is 18.4. The first-order valence-electron chi connectivity index (χ1n) is 11.0. The molecular weight excluding hydrogens is 406 g/mol. The molecule has 0 unspecified atom stereocenters. The summed E-state index contributed by atoms with van der Waals surface area (Å²) in [6.45, 7) is 9.52. The highest BCUT2D eigenvalue weighted by atomic mass is 32.1. The number of rotatable bonds is 5. The molecule has 0 saturated carbocycles. The van der Waals surface area contributed by atoms with Crippen LogP contribution in [0.15, 0.2) is 36.8 Å². The normalized spacial score (nSPS) is 18.5. The van der Waals surface area contributed by atoms with Crippen molar-refractivity contribution in [1.29, 1.82) is 0 Å². The molecule has 0 atom stereocenters. The number of fused-ring (bicyclic) bond motifs is 1. The lowest BCUT2D eigenvalue weighted by Gasteiger charge is -2.31. The van der Waals surface area contributed by atoms with Gasteiger partial charge in [0.1, 0.15) is 11.4 Å². The maximum Gasteiger partial charge on any atom is 0.188 e. The molecule has 1 saturated heterocycles. The van der Waals surface area contributed by atoms with Gasteiger partial charge >= 0.3 is 0 Å². The van der Waals surface area contributed by atoms with E-state index in [0.717, 1.165) is 61.3 Å². The SMILES string of the molecule is Cc1cnc(Nc2cncc(C3CCN(Cc4ccc5c(c4)CC(C)(C)O5)CC3)n2)s1. The summed E-state index contributed by atoms with van der Waals surface area (Å²) < 4.78 is 6.02. The molecule has 7 heteroatoms. The second-order valence-electron chi connectivity index (χ2n) is 9.26. The summed E-state index contributed by atoms with van der Waals surface area (Å²) >= 11 is 1.63. The predicted molar refractivity (Wildman–Crippen MR) is 124 cm³/mol. The van der Waals surface area contributed by atoms with E-state index in [2.05, 4.69) is 59.2 Å². The van der Waals surface area contributed by atoms with Crippen LogP contribution in [-0.4, -0.2) is 38.5 Å². The average molecular weight is 436 g/mol. The Balaban J connectivity index is 1.18. The molecule has 0 radical (unpaired) electrons. The molecule has 162 valence electrons. The van der Waals surface area contributed by atoms with E-state index in [-0.39, 0.29) is 5.60 Å². The van der Waals surface area contributed by atoms with E-state index in [1.54, 1.807) is 17.5 Å². The minimum Gasteiger partial charge on any atom is -0.487 e. The zero-order valence-corrected chi connectivity index (χ0v) is 19.2. The van der Waals surface area contributed by atoms with Crippen LogP contribution in [-0.2, 0) is 13.0 Å². The van der Waals surface area contributed by atoms with Crippen molar-refractivity contribution in [2.45, 2.75) is 58.1 Å². The van der Waals surface area contributed by atoms with Crippen LogP contribution in [0.3, 0.4) is 0 Å². The standard InChI is InChI=1S/C24H29N5OS/c1-16-12-26-23(31-16)28-22-14-25-13-20(27-22)18-6-8-29(9-7-18)15-17-4-5-21-19(10-17)11-24(2,3)30-21/h4-5,10,12-14,18H,6-9,11,15H2,1-3H3,(H,26,27,28). The first-order chi connectivity index (χ1) is 14.9. The Morgan fingerprint density at radius 3 is 2.81 bits per heavy atom. The van der Waals surface area contributed by atoms with E-state index in [1.165, 1.54) is 16.0 Å². The van der Waals surface area contributed by atoms with Crippen LogP contribution in [0.2, 0.25) is 0 Å². The van der Waals surface area contributed by atoms with Crippen LogP contribution in [0.5, 0.6) is 5.75 Å². The highest BCUT2D eigenvalue weighted by Gasteiger charge is 2.30. The summed E-state index contributed by atoms with van der Waals surface area (Å²) in [4.78, 5) is 17.3. The van der Waals surface area contributed by atoms with Gasteiger partial charge in [0.25, 0.3) is 0 Å². The minimum absolute atomic E-state index is 0.0812. The zero-order chi connectivity index (χ0) is 21.4.